The Morgan fingerprint density at radius 3 is 2.26 bits per heavy atom. The largest absolute Gasteiger partial charge is 0.468 e. The van der Waals surface area contributed by atoms with Crippen LogP contribution in [0.15, 0.2) is 48.5 Å². The van der Waals surface area contributed by atoms with Gasteiger partial charge in [0.15, 0.2) is 0 Å². The van der Waals surface area contributed by atoms with Gasteiger partial charge in [0.05, 0.1) is 7.11 Å². The topological polar surface area (TPSA) is 126 Å². The first kappa shape index (κ1) is 22.3. The van der Waals surface area contributed by atoms with Crippen molar-refractivity contribution in [1.29, 1.82) is 0 Å². The third kappa shape index (κ3) is 5.59. The van der Waals surface area contributed by atoms with E-state index in [4.69, 9.17) is 4.74 Å². The minimum Gasteiger partial charge on any atom is -0.468 e. The van der Waals surface area contributed by atoms with Crippen LogP contribution in [0.1, 0.15) is 23.5 Å². The van der Waals surface area contributed by atoms with Gasteiger partial charge in [-0.15, -0.1) is 0 Å². The first-order valence-electron chi connectivity index (χ1n) is 9.87. The molecule has 0 saturated heterocycles. The molecular formula is C22H25N3O6. The van der Waals surface area contributed by atoms with Crippen molar-refractivity contribution in [3.8, 4) is 11.1 Å². The molecule has 1 aliphatic carbocycles. The molecule has 0 aromatic heterocycles. The molecule has 0 heterocycles. The standard InChI is InChI=1S/C22H25N3O6/c1-30-20(27)12-24-25-21(28)19(26)10-11-23-22(29)31-13-18-16-8-4-2-6-14(16)15-7-3-5-9-17(15)18/h2-9,18-19,24,26H,10-13H2,1H3,(H,23,29)(H,25,28). The summed E-state index contributed by atoms with van der Waals surface area (Å²) in [6.45, 7) is -0.00439. The summed E-state index contributed by atoms with van der Waals surface area (Å²) in [4.78, 5) is 34.7. The molecule has 2 amide bonds. The monoisotopic (exact) mass is 427 g/mol. The second-order valence-electron chi connectivity index (χ2n) is 6.98. The van der Waals surface area contributed by atoms with Gasteiger partial charge in [0.1, 0.15) is 19.3 Å². The number of hydrogen-bond acceptors (Lipinski definition) is 7. The van der Waals surface area contributed by atoms with Gasteiger partial charge in [0, 0.05) is 12.5 Å². The normalized spacial score (nSPS) is 13.0. The maximum Gasteiger partial charge on any atom is 0.407 e. The number of esters is 1. The van der Waals surface area contributed by atoms with E-state index in [1.807, 2.05) is 36.4 Å². The van der Waals surface area contributed by atoms with E-state index in [2.05, 4.69) is 33.0 Å². The van der Waals surface area contributed by atoms with Crippen molar-refractivity contribution < 1.29 is 29.0 Å². The quantitative estimate of drug-likeness (QED) is 0.348. The number of benzene rings is 2. The zero-order chi connectivity index (χ0) is 22.2. The van der Waals surface area contributed by atoms with Gasteiger partial charge in [-0.1, -0.05) is 48.5 Å². The molecule has 3 rings (SSSR count). The van der Waals surface area contributed by atoms with Gasteiger partial charge < -0.3 is 19.9 Å². The lowest BCUT2D eigenvalue weighted by Gasteiger charge is -2.15. The summed E-state index contributed by atoms with van der Waals surface area (Å²) in [5.74, 6) is -1.33. The Kier molecular flexibility index (Phi) is 7.58. The summed E-state index contributed by atoms with van der Waals surface area (Å²) in [6.07, 6.45) is -2.01. The minimum atomic E-state index is -1.36. The number of amides is 2. The molecule has 1 aliphatic rings. The smallest absolute Gasteiger partial charge is 0.407 e. The SMILES string of the molecule is COC(=O)CNNC(=O)C(O)CCNC(=O)OCC1c2ccccc2-c2ccccc21. The van der Waals surface area contributed by atoms with Gasteiger partial charge in [-0.3, -0.25) is 15.0 Å². The molecule has 164 valence electrons. The highest BCUT2D eigenvalue weighted by Crippen LogP contribution is 2.44. The van der Waals surface area contributed by atoms with Gasteiger partial charge in [0.25, 0.3) is 5.91 Å². The number of hydrazine groups is 1. The van der Waals surface area contributed by atoms with Gasteiger partial charge >= 0.3 is 12.1 Å². The molecule has 1 atom stereocenters. The highest BCUT2D eigenvalue weighted by Gasteiger charge is 2.29. The van der Waals surface area contributed by atoms with E-state index in [1.54, 1.807) is 0 Å². The van der Waals surface area contributed by atoms with Gasteiger partial charge in [-0.05, 0) is 28.7 Å². The molecule has 0 aliphatic heterocycles. The van der Waals surface area contributed by atoms with Crippen LogP contribution in [0.25, 0.3) is 11.1 Å². The predicted octanol–water partition coefficient (Wildman–Crippen LogP) is 1.07. The first-order chi connectivity index (χ1) is 15.0. The lowest BCUT2D eigenvalue weighted by atomic mass is 9.98. The lowest BCUT2D eigenvalue weighted by molar-refractivity contribution is -0.140. The fourth-order valence-corrected chi connectivity index (χ4v) is 3.45. The van der Waals surface area contributed by atoms with Crippen LogP contribution in [0.3, 0.4) is 0 Å². The molecule has 9 nitrogen and oxygen atoms in total. The highest BCUT2D eigenvalue weighted by atomic mass is 16.5. The number of aliphatic hydroxyl groups excluding tert-OH is 1. The summed E-state index contributed by atoms with van der Waals surface area (Å²) in [7, 11) is 1.22. The molecule has 0 radical (unpaired) electrons. The Labute approximate surface area is 179 Å². The minimum absolute atomic E-state index is 0.0179. The number of rotatable bonds is 9. The van der Waals surface area contributed by atoms with Crippen LogP contribution in [0.5, 0.6) is 0 Å². The van der Waals surface area contributed by atoms with E-state index in [0.717, 1.165) is 22.3 Å². The maximum absolute atomic E-state index is 12.1. The number of methoxy groups -OCH3 is 1. The fraction of sp³-hybridized carbons (Fsp3) is 0.318. The molecular weight excluding hydrogens is 402 g/mol. The van der Waals surface area contributed by atoms with E-state index >= 15 is 0 Å². The third-order valence-corrected chi connectivity index (χ3v) is 5.01. The van der Waals surface area contributed by atoms with Crippen molar-refractivity contribution in [3.63, 3.8) is 0 Å². The summed E-state index contributed by atoms with van der Waals surface area (Å²) < 4.78 is 9.80. The Hall–Kier alpha value is -3.43. The molecule has 0 fully saturated rings. The van der Waals surface area contributed by atoms with Crippen LogP contribution in [0.2, 0.25) is 0 Å². The van der Waals surface area contributed by atoms with Crippen molar-refractivity contribution in [2.24, 2.45) is 0 Å². The van der Waals surface area contributed by atoms with E-state index in [0.29, 0.717) is 0 Å². The number of ether oxygens (including phenoxy) is 2. The van der Waals surface area contributed by atoms with Crippen molar-refractivity contribution >= 4 is 18.0 Å². The molecule has 0 bridgehead atoms. The Balaban J connectivity index is 1.42. The summed E-state index contributed by atoms with van der Waals surface area (Å²) in [5.41, 5.74) is 9.03. The molecule has 1 unspecified atom stereocenters. The number of carbonyl (C=O) groups excluding carboxylic acids is 3. The Bertz CT molecular complexity index is 903. The van der Waals surface area contributed by atoms with E-state index in [-0.39, 0.29) is 32.0 Å². The number of fused-ring (bicyclic) bond motifs is 3. The molecule has 2 aromatic carbocycles. The average molecular weight is 427 g/mol. The van der Waals surface area contributed by atoms with Crippen LogP contribution >= 0.6 is 0 Å². The molecule has 31 heavy (non-hydrogen) atoms. The molecule has 0 saturated carbocycles. The number of alkyl carbamates (subject to hydrolysis) is 1. The summed E-state index contributed by atoms with van der Waals surface area (Å²) in [5, 5.41) is 12.3. The zero-order valence-corrected chi connectivity index (χ0v) is 17.1. The third-order valence-electron chi connectivity index (χ3n) is 5.01. The van der Waals surface area contributed by atoms with Crippen LogP contribution < -0.4 is 16.2 Å². The van der Waals surface area contributed by atoms with Crippen molar-refractivity contribution in [2.45, 2.75) is 18.4 Å². The Morgan fingerprint density at radius 1 is 1.03 bits per heavy atom. The van der Waals surface area contributed by atoms with Gasteiger partial charge in [-0.2, -0.15) is 0 Å². The van der Waals surface area contributed by atoms with Crippen LogP contribution in [-0.2, 0) is 19.1 Å². The summed E-state index contributed by atoms with van der Waals surface area (Å²) in [6, 6.07) is 16.1. The van der Waals surface area contributed by atoms with Gasteiger partial charge in [-0.25, -0.2) is 10.2 Å². The zero-order valence-electron chi connectivity index (χ0n) is 17.1. The fourth-order valence-electron chi connectivity index (χ4n) is 3.45. The predicted molar refractivity (Wildman–Crippen MR) is 112 cm³/mol. The van der Waals surface area contributed by atoms with E-state index < -0.39 is 24.1 Å². The van der Waals surface area contributed by atoms with Gasteiger partial charge in [0.2, 0.25) is 0 Å². The van der Waals surface area contributed by atoms with E-state index in [9.17, 15) is 19.5 Å². The van der Waals surface area contributed by atoms with Crippen molar-refractivity contribution in [2.75, 3.05) is 26.8 Å². The maximum atomic E-state index is 12.1. The molecule has 4 N–H and O–H groups in total. The number of nitrogens with one attached hydrogen (secondary N) is 3. The van der Waals surface area contributed by atoms with Crippen molar-refractivity contribution in [1.82, 2.24) is 16.2 Å². The lowest BCUT2D eigenvalue weighted by Crippen LogP contribution is -2.46. The van der Waals surface area contributed by atoms with Crippen molar-refractivity contribution in [3.05, 3.63) is 59.7 Å². The summed E-state index contributed by atoms with van der Waals surface area (Å²) >= 11 is 0. The second-order valence-corrected chi connectivity index (χ2v) is 6.98. The Morgan fingerprint density at radius 2 is 1.65 bits per heavy atom. The van der Waals surface area contributed by atoms with Crippen LogP contribution in [-0.4, -0.2) is 56.0 Å². The molecule has 2 aromatic rings. The van der Waals surface area contributed by atoms with E-state index in [1.165, 1.54) is 7.11 Å². The second kappa shape index (κ2) is 10.6. The highest BCUT2D eigenvalue weighted by molar-refractivity contribution is 5.81. The first-order valence-corrected chi connectivity index (χ1v) is 9.87. The number of carbonyl (C=O) groups is 3. The number of aliphatic hydroxyl groups is 1. The molecule has 9 heteroatoms. The average Bonchev–Trinajstić information content (AvgIpc) is 3.11. The number of hydrogen-bond donors (Lipinski definition) is 4. The van der Waals surface area contributed by atoms with Crippen LogP contribution in [0.4, 0.5) is 4.79 Å². The van der Waals surface area contributed by atoms with Crippen LogP contribution in [0, 0.1) is 0 Å². The molecule has 0 spiro atoms.